The third-order valence-corrected chi connectivity index (χ3v) is 4.69. The van der Waals surface area contributed by atoms with Crippen molar-refractivity contribution in [3.05, 3.63) is 78.8 Å². The van der Waals surface area contributed by atoms with E-state index in [9.17, 15) is 5.26 Å². The van der Waals surface area contributed by atoms with Crippen LogP contribution in [0.2, 0.25) is 0 Å². The zero-order chi connectivity index (χ0) is 19.6. The molecule has 138 valence electrons. The number of nitrogens with one attached hydrogen (secondary N) is 2. The summed E-state index contributed by atoms with van der Waals surface area (Å²) in [5.74, 6) is 0.244. The van der Waals surface area contributed by atoms with E-state index in [0.717, 1.165) is 38.8 Å². The number of benzene rings is 3. The fraction of sp³-hybridized carbons (Fsp3) is 0. The summed E-state index contributed by atoms with van der Waals surface area (Å²) in [5, 5.41) is 28.0. The summed E-state index contributed by atoms with van der Waals surface area (Å²) in [6.07, 6.45) is 1.56. The van der Waals surface area contributed by atoms with E-state index < -0.39 is 0 Å². The second-order valence-corrected chi connectivity index (χ2v) is 6.41. The number of aromatic amines is 1. The van der Waals surface area contributed by atoms with Crippen molar-refractivity contribution >= 4 is 33.2 Å². The lowest BCUT2D eigenvalue weighted by molar-refractivity contribution is 0.670. The third kappa shape index (κ3) is 2.99. The molecule has 29 heavy (non-hydrogen) atoms. The molecule has 7 heteroatoms. The summed E-state index contributed by atoms with van der Waals surface area (Å²) in [6, 6.07) is 24.2. The minimum atomic E-state index is 0.244. The summed E-state index contributed by atoms with van der Waals surface area (Å²) in [7, 11) is 0. The average Bonchev–Trinajstić information content (AvgIpc) is 3.43. The topological polar surface area (TPSA) is 103 Å². The predicted octanol–water partition coefficient (Wildman–Crippen LogP) is 4.74. The van der Waals surface area contributed by atoms with Crippen LogP contribution in [0.5, 0.6) is 0 Å². The maximum Gasteiger partial charge on any atom is 0.216 e. The number of para-hydroxylation sites is 2. The molecule has 0 saturated heterocycles. The number of allylic oxidation sites excluding steroid dienone is 1. The number of furan rings is 1. The van der Waals surface area contributed by atoms with Crippen molar-refractivity contribution < 1.29 is 4.42 Å². The van der Waals surface area contributed by atoms with Gasteiger partial charge in [-0.15, -0.1) is 10.2 Å². The largest absolute Gasteiger partial charge is 0.455 e. The normalized spacial score (nSPS) is 11.6. The van der Waals surface area contributed by atoms with Gasteiger partial charge in [-0.3, -0.25) is 0 Å². The zero-order valence-electron chi connectivity index (χ0n) is 15.1. The first-order valence-electron chi connectivity index (χ1n) is 8.95. The molecule has 0 aliphatic carbocycles. The first-order valence-corrected chi connectivity index (χ1v) is 8.95. The van der Waals surface area contributed by atoms with Gasteiger partial charge in [-0.1, -0.05) is 48.5 Å². The monoisotopic (exact) mass is 378 g/mol. The van der Waals surface area contributed by atoms with Crippen LogP contribution in [0.25, 0.3) is 38.6 Å². The van der Waals surface area contributed by atoms with Gasteiger partial charge in [0.15, 0.2) is 0 Å². The van der Waals surface area contributed by atoms with E-state index >= 15 is 0 Å². The standard InChI is InChI=1S/C22H14N6O/c23-12-15(22-25-27-28-26-22)13-24-16-10-8-14(9-11-16)17-5-3-6-19-18-4-1-2-7-20(18)29-21(17)19/h1-11,13,24H,(H,25,26,27,28). The molecule has 7 nitrogen and oxygen atoms in total. The van der Waals surface area contributed by atoms with E-state index in [0.29, 0.717) is 0 Å². The van der Waals surface area contributed by atoms with E-state index in [1.165, 1.54) is 0 Å². The molecule has 2 N–H and O–H groups in total. The van der Waals surface area contributed by atoms with Gasteiger partial charge in [0.05, 0.1) is 0 Å². The lowest BCUT2D eigenvalue weighted by Gasteiger charge is -2.05. The van der Waals surface area contributed by atoms with Gasteiger partial charge in [-0.05, 0) is 29.0 Å². The molecule has 0 aliphatic heterocycles. The van der Waals surface area contributed by atoms with Gasteiger partial charge in [0.1, 0.15) is 22.8 Å². The Morgan fingerprint density at radius 3 is 2.62 bits per heavy atom. The molecule has 2 heterocycles. The van der Waals surface area contributed by atoms with Gasteiger partial charge in [-0.2, -0.15) is 10.5 Å². The molecule has 0 bridgehead atoms. The molecule has 0 amide bonds. The Balaban J connectivity index is 1.47. The number of nitrogens with zero attached hydrogens (tertiary/aromatic N) is 4. The summed E-state index contributed by atoms with van der Waals surface area (Å²) in [6.45, 7) is 0. The van der Waals surface area contributed by atoms with Gasteiger partial charge in [0.2, 0.25) is 5.82 Å². The molecule has 5 aromatic rings. The average molecular weight is 378 g/mol. The van der Waals surface area contributed by atoms with Gasteiger partial charge in [0.25, 0.3) is 0 Å². The first-order chi connectivity index (χ1) is 14.3. The van der Waals surface area contributed by atoms with Crippen molar-refractivity contribution in [1.82, 2.24) is 20.6 Å². The van der Waals surface area contributed by atoms with Crippen molar-refractivity contribution in [1.29, 1.82) is 5.26 Å². The number of aromatic nitrogens is 4. The first kappa shape index (κ1) is 16.7. The molecule has 0 atom stereocenters. The molecule has 2 aromatic heterocycles. The Kier molecular flexibility index (Phi) is 4.00. The van der Waals surface area contributed by atoms with E-state index in [-0.39, 0.29) is 11.4 Å². The van der Waals surface area contributed by atoms with Crippen LogP contribution in [0.4, 0.5) is 5.69 Å². The van der Waals surface area contributed by atoms with Crippen LogP contribution in [-0.4, -0.2) is 20.6 Å². The Morgan fingerprint density at radius 1 is 1.00 bits per heavy atom. The van der Waals surface area contributed by atoms with Crippen LogP contribution in [-0.2, 0) is 0 Å². The third-order valence-electron chi connectivity index (χ3n) is 4.69. The van der Waals surface area contributed by atoms with Crippen LogP contribution in [0, 0.1) is 11.3 Å². The van der Waals surface area contributed by atoms with E-state index in [1.54, 1.807) is 6.20 Å². The Bertz CT molecular complexity index is 1370. The van der Waals surface area contributed by atoms with E-state index in [2.05, 4.69) is 44.1 Å². The fourth-order valence-corrected chi connectivity index (χ4v) is 3.30. The second-order valence-electron chi connectivity index (χ2n) is 6.41. The summed E-state index contributed by atoms with van der Waals surface area (Å²) in [5.41, 5.74) is 4.95. The second kappa shape index (κ2) is 6.94. The van der Waals surface area contributed by atoms with Crippen LogP contribution in [0.15, 0.2) is 77.3 Å². The number of tetrazole rings is 1. The molecule has 0 spiro atoms. The SMILES string of the molecule is N#CC(=CNc1ccc(-c2cccc3c2oc2ccccc23)cc1)c1nn[nH]n1. The van der Waals surface area contributed by atoms with Crippen molar-refractivity contribution in [2.24, 2.45) is 0 Å². The Hall–Kier alpha value is -4.44. The molecule has 0 fully saturated rings. The van der Waals surface area contributed by atoms with Gasteiger partial charge < -0.3 is 9.73 Å². The molecule has 0 unspecified atom stereocenters. The van der Waals surface area contributed by atoms with Crippen molar-refractivity contribution in [3.63, 3.8) is 0 Å². The minimum Gasteiger partial charge on any atom is -0.455 e. The van der Waals surface area contributed by atoms with E-state index in [4.69, 9.17) is 4.42 Å². The number of hydrogen-bond acceptors (Lipinski definition) is 6. The molecule has 0 aliphatic rings. The van der Waals surface area contributed by atoms with Gasteiger partial charge >= 0.3 is 0 Å². The maximum absolute atomic E-state index is 9.24. The smallest absolute Gasteiger partial charge is 0.216 e. The van der Waals surface area contributed by atoms with E-state index in [1.807, 2.05) is 54.6 Å². The quantitative estimate of drug-likeness (QED) is 0.438. The summed E-state index contributed by atoms with van der Waals surface area (Å²) < 4.78 is 6.12. The number of H-pyrrole nitrogens is 1. The molecule has 5 rings (SSSR count). The Labute approximate surface area is 165 Å². The van der Waals surface area contributed by atoms with Crippen molar-refractivity contribution in [2.75, 3.05) is 5.32 Å². The highest BCUT2D eigenvalue weighted by molar-refractivity contribution is 6.09. The fourth-order valence-electron chi connectivity index (χ4n) is 3.30. The lowest BCUT2D eigenvalue weighted by Crippen LogP contribution is -1.93. The molecular formula is C22H14N6O. The maximum atomic E-state index is 9.24. The number of rotatable bonds is 4. The molecule has 0 radical (unpaired) electrons. The molecule has 0 saturated carbocycles. The van der Waals surface area contributed by atoms with Crippen molar-refractivity contribution in [2.45, 2.75) is 0 Å². The molecular weight excluding hydrogens is 364 g/mol. The highest BCUT2D eigenvalue weighted by Gasteiger charge is 2.11. The van der Waals surface area contributed by atoms with Crippen molar-refractivity contribution in [3.8, 4) is 17.2 Å². The zero-order valence-corrected chi connectivity index (χ0v) is 15.1. The van der Waals surface area contributed by atoms with Crippen LogP contribution in [0.1, 0.15) is 5.82 Å². The van der Waals surface area contributed by atoms with Crippen LogP contribution >= 0.6 is 0 Å². The number of hydrogen-bond donors (Lipinski definition) is 2. The minimum absolute atomic E-state index is 0.244. The summed E-state index contributed by atoms with van der Waals surface area (Å²) in [4.78, 5) is 0. The Morgan fingerprint density at radius 2 is 1.83 bits per heavy atom. The van der Waals surface area contributed by atoms with Crippen LogP contribution < -0.4 is 5.32 Å². The number of anilines is 1. The van der Waals surface area contributed by atoms with Crippen LogP contribution in [0.3, 0.4) is 0 Å². The summed E-state index contributed by atoms with van der Waals surface area (Å²) >= 11 is 0. The predicted molar refractivity (Wildman–Crippen MR) is 111 cm³/mol. The number of nitriles is 1. The van der Waals surface area contributed by atoms with Gasteiger partial charge in [0, 0.05) is 28.2 Å². The molecule has 3 aromatic carbocycles. The lowest BCUT2D eigenvalue weighted by atomic mass is 10.0. The highest BCUT2D eigenvalue weighted by atomic mass is 16.3. The highest BCUT2D eigenvalue weighted by Crippen LogP contribution is 2.35. The number of fused-ring (bicyclic) bond motifs is 3. The van der Waals surface area contributed by atoms with Gasteiger partial charge in [-0.25, -0.2) is 0 Å².